The van der Waals surface area contributed by atoms with Crippen molar-refractivity contribution in [2.24, 2.45) is 5.73 Å². The Hall–Kier alpha value is -0.960. The zero-order valence-electron chi connectivity index (χ0n) is 6.37. The van der Waals surface area contributed by atoms with Gasteiger partial charge in [-0.15, -0.1) is 0 Å². The van der Waals surface area contributed by atoms with Crippen LogP contribution in [0.15, 0.2) is 30.3 Å². The van der Waals surface area contributed by atoms with Gasteiger partial charge in [0.2, 0.25) is 0 Å². The van der Waals surface area contributed by atoms with Crippen molar-refractivity contribution in [3.05, 3.63) is 35.9 Å². The number of alkyl halides is 2. The monoisotopic (exact) mass is 169 g/mol. The summed E-state index contributed by atoms with van der Waals surface area (Å²) in [6.45, 7) is 0. The smallest absolute Gasteiger partial charge is 0.272 e. The van der Waals surface area contributed by atoms with E-state index in [9.17, 15) is 8.78 Å². The quantitative estimate of drug-likeness (QED) is 0.680. The van der Waals surface area contributed by atoms with Crippen LogP contribution in [-0.2, 0) is 0 Å². The summed E-state index contributed by atoms with van der Waals surface area (Å²) in [7, 11) is 0. The Morgan fingerprint density at radius 3 is 2.08 bits per heavy atom. The Morgan fingerprint density at radius 2 is 1.67 bits per heavy atom. The van der Waals surface area contributed by atoms with Crippen molar-refractivity contribution in [3.8, 4) is 0 Å². The number of hydrogen-bond acceptors (Lipinski definition) is 1. The fourth-order valence-electron chi connectivity index (χ4n) is 1.44. The minimum absolute atomic E-state index is 0.634. The van der Waals surface area contributed by atoms with Gasteiger partial charge in [0.25, 0.3) is 5.92 Å². The second-order valence-electron chi connectivity index (χ2n) is 3.09. The van der Waals surface area contributed by atoms with Crippen LogP contribution in [0.3, 0.4) is 0 Å². The minimum atomic E-state index is -2.69. The van der Waals surface area contributed by atoms with Gasteiger partial charge >= 0.3 is 0 Å². The first kappa shape index (κ1) is 7.68. The summed E-state index contributed by atoms with van der Waals surface area (Å²) in [6, 6.07) is 7.68. The van der Waals surface area contributed by atoms with E-state index >= 15 is 0 Å². The van der Waals surface area contributed by atoms with E-state index in [2.05, 4.69) is 0 Å². The molecule has 3 heteroatoms. The zero-order chi connectivity index (χ0) is 8.77. The van der Waals surface area contributed by atoms with Crippen LogP contribution in [-0.4, -0.2) is 12.0 Å². The molecule has 0 saturated heterocycles. The first-order valence-corrected chi connectivity index (χ1v) is 3.82. The molecule has 1 saturated carbocycles. The van der Waals surface area contributed by atoms with Gasteiger partial charge in [0.1, 0.15) is 0 Å². The third kappa shape index (κ3) is 0.932. The van der Waals surface area contributed by atoms with Gasteiger partial charge in [0, 0.05) is 0 Å². The third-order valence-electron chi connectivity index (χ3n) is 2.27. The average Bonchev–Trinajstić information content (AvgIpc) is 2.53. The fraction of sp³-hybridized carbons (Fsp3) is 0.333. The molecule has 2 rings (SSSR count). The van der Waals surface area contributed by atoms with Crippen LogP contribution in [0.4, 0.5) is 8.78 Å². The molecule has 0 bridgehead atoms. The van der Waals surface area contributed by atoms with Gasteiger partial charge in [-0.1, -0.05) is 30.3 Å². The molecule has 1 aromatic rings. The average molecular weight is 169 g/mol. The van der Waals surface area contributed by atoms with Crippen molar-refractivity contribution in [3.63, 3.8) is 0 Å². The number of hydrogen-bond donors (Lipinski definition) is 1. The summed E-state index contributed by atoms with van der Waals surface area (Å²) in [6.07, 6.45) is 0. The van der Waals surface area contributed by atoms with Crippen molar-refractivity contribution < 1.29 is 8.78 Å². The number of halogens is 2. The first-order chi connectivity index (χ1) is 5.64. The SMILES string of the molecule is N[C@H]1[C@H](c2ccccc2)C1(F)F. The van der Waals surface area contributed by atoms with Crippen LogP contribution in [0.1, 0.15) is 11.5 Å². The van der Waals surface area contributed by atoms with Crippen LogP contribution in [0.2, 0.25) is 0 Å². The molecular formula is C9H9F2N. The Kier molecular flexibility index (Phi) is 1.45. The van der Waals surface area contributed by atoms with Crippen molar-refractivity contribution in [2.45, 2.75) is 17.9 Å². The van der Waals surface area contributed by atoms with Crippen molar-refractivity contribution in [1.29, 1.82) is 0 Å². The van der Waals surface area contributed by atoms with Gasteiger partial charge in [-0.2, -0.15) is 0 Å². The summed E-state index contributed by atoms with van der Waals surface area (Å²) in [5.41, 5.74) is 5.86. The molecule has 2 N–H and O–H groups in total. The van der Waals surface area contributed by atoms with Crippen molar-refractivity contribution in [1.82, 2.24) is 0 Å². The maximum atomic E-state index is 12.8. The van der Waals surface area contributed by atoms with E-state index in [1.807, 2.05) is 0 Å². The minimum Gasteiger partial charge on any atom is -0.322 e. The van der Waals surface area contributed by atoms with E-state index in [-0.39, 0.29) is 0 Å². The molecule has 0 spiro atoms. The molecule has 0 heterocycles. The van der Waals surface area contributed by atoms with Crippen LogP contribution in [0.5, 0.6) is 0 Å². The molecule has 12 heavy (non-hydrogen) atoms. The van der Waals surface area contributed by atoms with Gasteiger partial charge in [-0.25, -0.2) is 8.78 Å². The summed E-state index contributed by atoms with van der Waals surface area (Å²) >= 11 is 0. The van der Waals surface area contributed by atoms with E-state index in [0.29, 0.717) is 5.56 Å². The zero-order valence-corrected chi connectivity index (χ0v) is 6.37. The molecule has 0 unspecified atom stereocenters. The maximum absolute atomic E-state index is 12.8. The van der Waals surface area contributed by atoms with Gasteiger partial charge in [0.05, 0.1) is 12.0 Å². The van der Waals surface area contributed by atoms with Crippen LogP contribution in [0.25, 0.3) is 0 Å². The third-order valence-corrected chi connectivity index (χ3v) is 2.27. The van der Waals surface area contributed by atoms with Crippen molar-refractivity contribution >= 4 is 0 Å². The Morgan fingerprint density at radius 1 is 1.17 bits per heavy atom. The van der Waals surface area contributed by atoms with E-state index in [1.165, 1.54) is 0 Å². The first-order valence-electron chi connectivity index (χ1n) is 3.82. The molecule has 0 amide bonds. The molecule has 1 fully saturated rings. The highest BCUT2D eigenvalue weighted by molar-refractivity contribution is 5.34. The number of rotatable bonds is 1. The van der Waals surface area contributed by atoms with Crippen molar-refractivity contribution in [2.75, 3.05) is 0 Å². The van der Waals surface area contributed by atoms with E-state index in [0.717, 1.165) is 0 Å². The lowest BCUT2D eigenvalue weighted by molar-refractivity contribution is 0.105. The molecule has 1 aromatic carbocycles. The summed E-state index contributed by atoms with van der Waals surface area (Å²) in [5.74, 6) is -3.46. The highest BCUT2D eigenvalue weighted by Crippen LogP contribution is 2.54. The highest BCUT2D eigenvalue weighted by atomic mass is 19.3. The molecule has 0 radical (unpaired) electrons. The summed E-state index contributed by atoms with van der Waals surface area (Å²) in [5, 5.41) is 0. The van der Waals surface area contributed by atoms with Crippen LogP contribution < -0.4 is 5.73 Å². The molecule has 0 aromatic heterocycles. The number of benzene rings is 1. The normalized spacial score (nSPS) is 31.6. The lowest BCUT2D eigenvalue weighted by Crippen LogP contribution is -2.08. The largest absolute Gasteiger partial charge is 0.322 e. The highest BCUT2D eigenvalue weighted by Gasteiger charge is 2.66. The summed E-state index contributed by atoms with van der Waals surface area (Å²) < 4.78 is 25.5. The van der Waals surface area contributed by atoms with E-state index in [1.54, 1.807) is 30.3 Å². The van der Waals surface area contributed by atoms with Gasteiger partial charge in [-0.05, 0) is 5.56 Å². The lowest BCUT2D eigenvalue weighted by Gasteiger charge is -1.95. The molecular weight excluding hydrogens is 160 g/mol. The Balaban J connectivity index is 2.25. The second-order valence-corrected chi connectivity index (χ2v) is 3.09. The molecule has 2 atom stereocenters. The fourth-order valence-corrected chi connectivity index (χ4v) is 1.44. The molecule has 0 aliphatic heterocycles. The standard InChI is InChI=1S/C9H9F2N/c10-9(11)7(8(9)12)6-4-2-1-3-5-6/h1-5,7-8H,12H2/t7-,8-/m0/s1. The number of nitrogens with two attached hydrogens (primary N) is 1. The predicted octanol–water partition coefficient (Wildman–Crippen LogP) is 1.75. The van der Waals surface area contributed by atoms with Crippen LogP contribution in [0, 0.1) is 0 Å². The molecule has 1 aliphatic rings. The van der Waals surface area contributed by atoms with E-state index in [4.69, 9.17) is 5.73 Å². The van der Waals surface area contributed by atoms with Crippen LogP contribution >= 0.6 is 0 Å². The van der Waals surface area contributed by atoms with Gasteiger partial charge < -0.3 is 5.73 Å². The summed E-state index contributed by atoms with van der Waals surface area (Å²) in [4.78, 5) is 0. The van der Waals surface area contributed by atoms with Gasteiger partial charge in [-0.3, -0.25) is 0 Å². The maximum Gasteiger partial charge on any atom is 0.272 e. The topological polar surface area (TPSA) is 26.0 Å². The second kappa shape index (κ2) is 2.26. The van der Waals surface area contributed by atoms with E-state index < -0.39 is 17.9 Å². The Bertz CT molecular complexity index is 284. The van der Waals surface area contributed by atoms with Gasteiger partial charge in [0.15, 0.2) is 0 Å². The Labute approximate surface area is 69.2 Å². The molecule has 64 valence electrons. The predicted molar refractivity (Wildman–Crippen MR) is 42.1 cm³/mol. The lowest BCUT2D eigenvalue weighted by atomic mass is 10.1. The molecule has 1 aliphatic carbocycles. The molecule has 1 nitrogen and oxygen atoms in total.